The van der Waals surface area contributed by atoms with Crippen molar-refractivity contribution < 1.29 is 19.1 Å². The van der Waals surface area contributed by atoms with E-state index in [2.05, 4.69) is 5.32 Å². The monoisotopic (exact) mass is 266 g/mol. The topological polar surface area (TPSA) is 90.6 Å². The molecule has 0 aliphatic heterocycles. The van der Waals surface area contributed by atoms with E-state index in [1.165, 1.54) is 0 Å². The Morgan fingerprint density at radius 2 is 1.95 bits per heavy atom. The van der Waals surface area contributed by atoms with Crippen molar-refractivity contribution in [1.82, 2.24) is 5.32 Å². The van der Waals surface area contributed by atoms with Crippen LogP contribution in [0.25, 0.3) is 0 Å². The number of rotatable bonds is 6. The van der Waals surface area contributed by atoms with Crippen LogP contribution in [-0.4, -0.2) is 38.2 Å². The Kier molecular flexibility index (Phi) is 5.81. The standard InChI is InChI=1S/C13H18N2O4/c1-3-19-13(17)11(8-14)15-12(16)9-4-6-10(18-2)7-5-9/h4-7,11H,3,8,14H2,1-2H3,(H,15,16)/t11-/m0/s1. The van der Waals surface area contributed by atoms with Gasteiger partial charge in [0.15, 0.2) is 0 Å². The number of hydrogen-bond acceptors (Lipinski definition) is 5. The molecule has 0 aliphatic rings. The van der Waals surface area contributed by atoms with E-state index in [1.807, 2.05) is 0 Å². The van der Waals surface area contributed by atoms with Crippen molar-refractivity contribution in [2.24, 2.45) is 5.73 Å². The molecular formula is C13H18N2O4. The number of ether oxygens (including phenoxy) is 2. The number of carbonyl (C=O) groups excluding carboxylic acids is 2. The highest BCUT2D eigenvalue weighted by Gasteiger charge is 2.20. The van der Waals surface area contributed by atoms with E-state index in [9.17, 15) is 9.59 Å². The lowest BCUT2D eigenvalue weighted by Gasteiger charge is -2.15. The van der Waals surface area contributed by atoms with Crippen molar-refractivity contribution in [1.29, 1.82) is 0 Å². The van der Waals surface area contributed by atoms with Crippen LogP contribution in [0.3, 0.4) is 0 Å². The first kappa shape index (κ1) is 15.0. The number of nitrogens with one attached hydrogen (secondary N) is 1. The molecule has 6 nitrogen and oxygen atoms in total. The molecule has 104 valence electrons. The highest BCUT2D eigenvalue weighted by molar-refractivity contribution is 5.96. The zero-order chi connectivity index (χ0) is 14.3. The predicted molar refractivity (Wildman–Crippen MR) is 69.9 cm³/mol. The van der Waals surface area contributed by atoms with Crippen LogP contribution in [0.15, 0.2) is 24.3 Å². The summed E-state index contributed by atoms with van der Waals surface area (Å²) in [6, 6.07) is 5.70. The molecule has 3 N–H and O–H groups in total. The summed E-state index contributed by atoms with van der Waals surface area (Å²) in [5, 5.41) is 2.53. The lowest BCUT2D eigenvalue weighted by atomic mass is 10.2. The van der Waals surface area contributed by atoms with Crippen LogP contribution in [0.1, 0.15) is 17.3 Å². The van der Waals surface area contributed by atoms with Gasteiger partial charge >= 0.3 is 5.97 Å². The Bertz CT molecular complexity index is 431. The molecule has 6 heteroatoms. The van der Waals surface area contributed by atoms with Crippen LogP contribution in [0.4, 0.5) is 0 Å². The summed E-state index contributed by atoms with van der Waals surface area (Å²) in [5.41, 5.74) is 5.86. The molecule has 1 amide bonds. The van der Waals surface area contributed by atoms with E-state index >= 15 is 0 Å². The molecule has 0 bridgehead atoms. The second-order valence-electron chi connectivity index (χ2n) is 3.74. The molecule has 0 aromatic heterocycles. The van der Waals surface area contributed by atoms with Crippen molar-refractivity contribution in [2.75, 3.05) is 20.3 Å². The van der Waals surface area contributed by atoms with E-state index in [0.29, 0.717) is 11.3 Å². The SMILES string of the molecule is CCOC(=O)[C@H](CN)NC(=O)c1ccc(OC)cc1. The van der Waals surface area contributed by atoms with E-state index in [0.717, 1.165) is 0 Å². The number of amides is 1. The van der Waals surface area contributed by atoms with Crippen LogP contribution in [0.2, 0.25) is 0 Å². The van der Waals surface area contributed by atoms with Crippen molar-refractivity contribution >= 4 is 11.9 Å². The Hall–Kier alpha value is -2.08. The predicted octanol–water partition coefficient (Wildman–Crippen LogP) is 0.315. The van der Waals surface area contributed by atoms with Crippen molar-refractivity contribution in [3.05, 3.63) is 29.8 Å². The van der Waals surface area contributed by atoms with Gasteiger partial charge in [-0.05, 0) is 31.2 Å². The van der Waals surface area contributed by atoms with Gasteiger partial charge in [-0.1, -0.05) is 0 Å². The number of hydrogen-bond donors (Lipinski definition) is 2. The van der Waals surface area contributed by atoms with E-state index in [4.69, 9.17) is 15.2 Å². The molecule has 0 aliphatic carbocycles. The largest absolute Gasteiger partial charge is 0.497 e. The summed E-state index contributed by atoms with van der Waals surface area (Å²) in [6.07, 6.45) is 0. The molecule has 0 spiro atoms. The minimum Gasteiger partial charge on any atom is -0.497 e. The van der Waals surface area contributed by atoms with Gasteiger partial charge in [-0.3, -0.25) is 4.79 Å². The summed E-state index contributed by atoms with van der Waals surface area (Å²) in [4.78, 5) is 23.4. The van der Waals surface area contributed by atoms with Crippen LogP contribution in [0, 0.1) is 0 Å². The average molecular weight is 266 g/mol. The third-order valence-electron chi connectivity index (χ3n) is 2.46. The summed E-state index contributed by atoms with van der Waals surface area (Å²) in [5.74, 6) is -0.268. The number of benzene rings is 1. The van der Waals surface area contributed by atoms with Crippen molar-refractivity contribution in [2.45, 2.75) is 13.0 Å². The first-order valence-corrected chi connectivity index (χ1v) is 5.94. The van der Waals surface area contributed by atoms with Gasteiger partial charge in [0.2, 0.25) is 0 Å². The van der Waals surface area contributed by atoms with Crippen molar-refractivity contribution in [3.63, 3.8) is 0 Å². The molecule has 1 atom stereocenters. The van der Waals surface area contributed by atoms with Crippen LogP contribution in [-0.2, 0) is 9.53 Å². The number of carbonyl (C=O) groups is 2. The Labute approximate surface area is 111 Å². The maximum Gasteiger partial charge on any atom is 0.329 e. The lowest BCUT2D eigenvalue weighted by Crippen LogP contribution is -2.46. The normalized spacial score (nSPS) is 11.5. The quantitative estimate of drug-likeness (QED) is 0.723. The van der Waals surface area contributed by atoms with Gasteiger partial charge in [0, 0.05) is 12.1 Å². The fourth-order valence-electron chi connectivity index (χ4n) is 1.44. The van der Waals surface area contributed by atoms with Gasteiger partial charge in [0.1, 0.15) is 11.8 Å². The number of nitrogens with two attached hydrogens (primary N) is 1. The van der Waals surface area contributed by atoms with E-state index in [1.54, 1.807) is 38.3 Å². The average Bonchev–Trinajstić information content (AvgIpc) is 2.44. The van der Waals surface area contributed by atoms with Crippen LogP contribution >= 0.6 is 0 Å². The highest BCUT2D eigenvalue weighted by atomic mass is 16.5. The van der Waals surface area contributed by atoms with Gasteiger partial charge in [0.25, 0.3) is 5.91 Å². The molecular weight excluding hydrogens is 248 g/mol. The van der Waals surface area contributed by atoms with Gasteiger partial charge in [0.05, 0.1) is 13.7 Å². The maximum atomic E-state index is 11.9. The molecule has 19 heavy (non-hydrogen) atoms. The van der Waals surface area contributed by atoms with E-state index in [-0.39, 0.29) is 19.1 Å². The number of esters is 1. The summed E-state index contributed by atoms with van der Waals surface area (Å²) < 4.78 is 9.81. The fourth-order valence-corrected chi connectivity index (χ4v) is 1.44. The fraction of sp³-hybridized carbons (Fsp3) is 0.385. The van der Waals surface area contributed by atoms with Crippen LogP contribution in [0.5, 0.6) is 5.75 Å². The Morgan fingerprint density at radius 3 is 2.42 bits per heavy atom. The molecule has 1 rings (SSSR count). The van der Waals surface area contributed by atoms with Gasteiger partial charge in [-0.2, -0.15) is 0 Å². The summed E-state index contributed by atoms with van der Waals surface area (Å²) in [6.45, 7) is 1.92. The van der Waals surface area contributed by atoms with Crippen molar-refractivity contribution in [3.8, 4) is 5.75 Å². The second kappa shape index (κ2) is 7.38. The first-order chi connectivity index (χ1) is 9.12. The third-order valence-corrected chi connectivity index (χ3v) is 2.46. The molecule has 1 aromatic carbocycles. The second-order valence-corrected chi connectivity index (χ2v) is 3.74. The smallest absolute Gasteiger partial charge is 0.329 e. The van der Waals surface area contributed by atoms with Gasteiger partial charge < -0.3 is 20.5 Å². The Balaban J connectivity index is 2.68. The zero-order valence-electron chi connectivity index (χ0n) is 11.0. The zero-order valence-corrected chi connectivity index (χ0v) is 11.0. The molecule has 0 saturated heterocycles. The lowest BCUT2D eigenvalue weighted by molar-refractivity contribution is -0.145. The Morgan fingerprint density at radius 1 is 1.32 bits per heavy atom. The summed E-state index contributed by atoms with van der Waals surface area (Å²) >= 11 is 0. The molecule has 0 saturated carbocycles. The third kappa shape index (κ3) is 4.26. The molecule has 0 unspecified atom stereocenters. The molecule has 0 heterocycles. The minimum atomic E-state index is -0.838. The first-order valence-electron chi connectivity index (χ1n) is 5.94. The molecule has 0 radical (unpaired) electrons. The van der Waals surface area contributed by atoms with E-state index < -0.39 is 12.0 Å². The minimum absolute atomic E-state index is 0.0132. The molecule has 1 aromatic rings. The maximum absolute atomic E-state index is 11.9. The molecule has 0 fully saturated rings. The van der Waals surface area contributed by atoms with Crippen LogP contribution < -0.4 is 15.8 Å². The van der Waals surface area contributed by atoms with Gasteiger partial charge in [-0.25, -0.2) is 4.79 Å². The number of methoxy groups -OCH3 is 1. The highest BCUT2D eigenvalue weighted by Crippen LogP contribution is 2.11. The van der Waals surface area contributed by atoms with Gasteiger partial charge in [-0.15, -0.1) is 0 Å². The summed E-state index contributed by atoms with van der Waals surface area (Å²) in [7, 11) is 1.54.